The summed E-state index contributed by atoms with van der Waals surface area (Å²) in [5, 5.41) is 0. The zero-order valence-corrected chi connectivity index (χ0v) is 12.5. The van der Waals surface area contributed by atoms with Crippen molar-refractivity contribution >= 4 is 11.8 Å². The molecule has 0 saturated carbocycles. The molecule has 0 spiro atoms. The van der Waals surface area contributed by atoms with E-state index in [4.69, 9.17) is 5.73 Å². The van der Waals surface area contributed by atoms with E-state index in [0.717, 1.165) is 30.5 Å². The lowest BCUT2D eigenvalue weighted by Gasteiger charge is -2.01. The molecule has 0 aromatic heterocycles. The Morgan fingerprint density at radius 1 is 1.05 bits per heavy atom. The third-order valence-corrected chi connectivity index (χ3v) is 3.84. The second-order valence-corrected chi connectivity index (χ2v) is 5.39. The van der Waals surface area contributed by atoms with Crippen molar-refractivity contribution in [2.75, 3.05) is 12.8 Å². The van der Waals surface area contributed by atoms with Crippen LogP contribution in [0, 0.1) is 11.8 Å². The van der Waals surface area contributed by atoms with Gasteiger partial charge in [-0.1, -0.05) is 36.1 Å². The van der Waals surface area contributed by atoms with Gasteiger partial charge in [-0.3, -0.25) is 0 Å². The molecule has 2 N–H and O–H groups in total. The Hall–Kier alpha value is -1.69. The van der Waals surface area contributed by atoms with Crippen molar-refractivity contribution in [3.05, 3.63) is 65.2 Å². The van der Waals surface area contributed by atoms with Gasteiger partial charge in [0.25, 0.3) is 0 Å². The maximum Gasteiger partial charge on any atom is 0.0384 e. The van der Waals surface area contributed by atoms with Gasteiger partial charge in [0.15, 0.2) is 0 Å². The summed E-state index contributed by atoms with van der Waals surface area (Å²) in [6.45, 7) is 0.733. The van der Waals surface area contributed by atoms with E-state index in [0.29, 0.717) is 0 Å². The van der Waals surface area contributed by atoms with Gasteiger partial charge in [-0.2, -0.15) is 0 Å². The number of nitrogens with two attached hydrogens (primary N) is 1. The number of aryl methyl sites for hydroxylation is 1. The normalized spacial score (nSPS) is 9.90. The molecule has 0 radical (unpaired) electrons. The molecule has 0 fully saturated rings. The van der Waals surface area contributed by atoms with Gasteiger partial charge in [0, 0.05) is 16.0 Å². The first-order valence-electron chi connectivity index (χ1n) is 6.77. The van der Waals surface area contributed by atoms with Crippen LogP contribution < -0.4 is 5.73 Å². The molecule has 102 valence electrons. The third-order valence-electron chi connectivity index (χ3n) is 3.05. The molecule has 0 amide bonds. The maximum absolute atomic E-state index is 5.55. The van der Waals surface area contributed by atoms with Crippen LogP contribution in [0.25, 0.3) is 0 Å². The van der Waals surface area contributed by atoms with Crippen LogP contribution in [-0.4, -0.2) is 12.8 Å². The van der Waals surface area contributed by atoms with Gasteiger partial charge in [-0.05, 0) is 55.5 Å². The van der Waals surface area contributed by atoms with Crippen LogP contribution in [0.15, 0.2) is 53.4 Å². The Bertz CT molecular complexity index is 623. The molecule has 2 aromatic rings. The van der Waals surface area contributed by atoms with Crippen molar-refractivity contribution in [3.8, 4) is 11.8 Å². The molecule has 0 unspecified atom stereocenters. The van der Waals surface area contributed by atoms with E-state index in [9.17, 15) is 0 Å². The number of benzene rings is 2. The quantitative estimate of drug-likeness (QED) is 0.683. The topological polar surface area (TPSA) is 26.0 Å². The van der Waals surface area contributed by atoms with Crippen LogP contribution in [-0.2, 0) is 6.42 Å². The fourth-order valence-electron chi connectivity index (χ4n) is 2.00. The smallest absolute Gasteiger partial charge is 0.0384 e. The van der Waals surface area contributed by atoms with Crippen LogP contribution in [0.1, 0.15) is 23.1 Å². The van der Waals surface area contributed by atoms with Crippen LogP contribution >= 0.6 is 11.8 Å². The highest BCUT2D eigenvalue weighted by Gasteiger charge is 1.96. The van der Waals surface area contributed by atoms with Crippen molar-refractivity contribution in [3.63, 3.8) is 0 Å². The number of hydrogen-bond donors (Lipinski definition) is 1. The molecule has 0 saturated heterocycles. The molecule has 20 heavy (non-hydrogen) atoms. The SMILES string of the molecule is CSc1ccccc1C#Cc1cccc(CCCN)c1. The van der Waals surface area contributed by atoms with Crippen molar-refractivity contribution < 1.29 is 0 Å². The van der Waals surface area contributed by atoms with Crippen molar-refractivity contribution in [2.45, 2.75) is 17.7 Å². The summed E-state index contributed by atoms with van der Waals surface area (Å²) in [7, 11) is 0. The van der Waals surface area contributed by atoms with Gasteiger partial charge in [0.2, 0.25) is 0 Å². The summed E-state index contributed by atoms with van der Waals surface area (Å²) >= 11 is 1.73. The largest absolute Gasteiger partial charge is 0.330 e. The highest BCUT2D eigenvalue weighted by Crippen LogP contribution is 2.18. The molecule has 1 nitrogen and oxygen atoms in total. The standard InChI is InChI=1S/C18H19NS/c1-20-18-10-3-2-9-17(18)12-11-16-7-4-6-15(14-16)8-5-13-19/h2-4,6-7,9-10,14H,5,8,13,19H2,1H3. The first-order chi connectivity index (χ1) is 9.83. The predicted octanol–water partition coefficient (Wildman–Crippen LogP) is 3.70. The minimum absolute atomic E-state index is 0.733. The molecule has 0 heterocycles. The van der Waals surface area contributed by atoms with Crippen molar-refractivity contribution in [2.24, 2.45) is 5.73 Å². The van der Waals surface area contributed by atoms with Gasteiger partial charge in [-0.15, -0.1) is 11.8 Å². The lowest BCUT2D eigenvalue weighted by molar-refractivity contribution is 0.832. The van der Waals surface area contributed by atoms with E-state index >= 15 is 0 Å². The Labute approximate surface area is 125 Å². The fourth-order valence-corrected chi connectivity index (χ4v) is 2.55. The monoisotopic (exact) mass is 281 g/mol. The summed E-state index contributed by atoms with van der Waals surface area (Å²) in [5.74, 6) is 6.53. The van der Waals surface area contributed by atoms with Crippen LogP contribution in [0.3, 0.4) is 0 Å². The fraction of sp³-hybridized carbons (Fsp3) is 0.222. The summed E-state index contributed by atoms with van der Waals surface area (Å²) < 4.78 is 0. The molecule has 0 atom stereocenters. The lowest BCUT2D eigenvalue weighted by Crippen LogP contribution is -2.00. The zero-order valence-electron chi connectivity index (χ0n) is 11.7. The van der Waals surface area contributed by atoms with Crippen molar-refractivity contribution in [1.29, 1.82) is 0 Å². The van der Waals surface area contributed by atoms with Crippen LogP contribution in [0.5, 0.6) is 0 Å². The van der Waals surface area contributed by atoms with E-state index in [1.807, 2.05) is 12.1 Å². The first kappa shape index (κ1) is 14.7. The Morgan fingerprint density at radius 3 is 2.70 bits per heavy atom. The van der Waals surface area contributed by atoms with Gasteiger partial charge in [0.05, 0.1) is 0 Å². The highest BCUT2D eigenvalue weighted by molar-refractivity contribution is 7.98. The Morgan fingerprint density at radius 2 is 1.90 bits per heavy atom. The van der Waals surface area contributed by atoms with E-state index in [1.54, 1.807) is 11.8 Å². The second kappa shape index (κ2) is 7.79. The molecular formula is C18H19NS. The van der Waals surface area contributed by atoms with E-state index in [1.165, 1.54) is 10.5 Å². The first-order valence-corrected chi connectivity index (χ1v) is 8.00. The Kier molecular flexibility index (Phi) is 5.73. The lowest BCUT2D eigenvalue weighted by atomic mass is 10.1. The summed E-state index contributed by atoms with van der Waals surface area (Å²) in [6, 6.07) is 16.7. The minimum atomic E-state index is 0.733. The van der Waals surface area contributed by atoms with E-state index < -0.39 is 0 Å². The molecular weight excluding hydrogens is 262 g/mol. The summed E-state index contributed by atoms with van der Waals surface area (Å²) in [4.78, 5) is 1.22. The number of rotatable bonds is 4. The van der Waals surface area contributed by atoms with Crippen LogP contribution in [0.4, 0.5) is 0 Å². The third kappa shape index (κ3) is 4.16. The zero-order chi connectivity index (χ0) is 14.2. The molecule has 2 heteroatoms. The maximum atomic E-state index is 5.55. The average Bonchev–Trinajstić information content (AvgIpc) is 2.51. The number of hydrogen-bond acceptors (Lipinski definition) is 2. The van der Waals surface area contributed by atoms with Crippen molar-refractivity contribution in [1.82, 2.24) is 0 Å². The van der Waals surface area contributed by atoms with Gasteiger partial charge < -0.3 is 5.73 Å². The summed E-state index contributed by atoms with van der Waals surface area (Å²) in [5.41, 5.74) is 9.01. The van der Waals surface area contributed by atoms with Gasteiger partial charge in [0.1, 0.15) is 0 Å². The molecule has 0 bridgehead atoms. The Balaban J connectivity index is 2.20. The van der Waals surface area contributed by atoms with Gasteiger partial charge in [-0.25, -0.2) is 0 Å². The van der Waals surface area contributed by atoms with Gasteiger partial charge >= 0.3 is 0 Å². The van der Waals surface area contributed by atoms with Crippen LogP contribution in [0.2, 0.25) is 0 Å². The summed E-state index contributed by atoms with van der Waals surface area (Å²) in [6.07, 6.45) is 4.12. The number of thioether (sulfide) groups is 1. The molecule has 2 aromatic carbocycles. The predicted molar refractivity (Wildman–Crippen MR) is 88.0 cm³/mol. The van der Waals surface area contributed by atoms with E-state index in [2.05, 4.69) is 54.5 Å². The average molecular weight is 281 g/mol. The molecule has 0 aliphatic heterocycles. The molecule has 2 rings (SSSR count). The second-order valence-electron chi connectivity index (χ2n) is 4.54. The van der Waals surface area contributed by atoms with E-state index in [-0.39, 0.29) is 0 Å². The molecule has 0 aliphatic carbocycles. The minimum Gasteiger partial charge on any atom is -0.330 e. The molecule has 0 aliphatic rings. The highest BCUT2D eigenvalue weighted by atomic mass is 32.2.